The van der Waals surface area contributed by atoms with Gasteiger partial charge in [0.15, 0.2) is 5.78 Å². The molecule has 0 radical (unpaired) electrons. The maximum absolute atomic E-state index is 12.8. The number of rotatable bonds is 6. The van der Waals surface area contributed by atoms with Gasteiger partial charge in [-0.1, -0.05) is 53.5 Å². The number of benzene rings is 2. The smallest absolute Gasteiger partial charge is 0.303 e. The van der Waals surface area contributed by atoms with E-state index in [-0.39, 0.29) is 34.8 Å². The average molecular weight is 379 g/mol. The Morgan fingerprint density at radius 3 is 2.60 bits per heavy atom. The Kier molecular flexibility index (Phi) is 5.30. The molecule has 0 spiro atoms. The van der Waals surface area contributed by atoms with Crippen molar-refractivity contribution in [3.05, 3.63) is 63.1 Å². The maximum atomic E-state index is 12.8. The summed E-state index contributed by atoms with van der Waals surface area (Å²) in [5.74, 6) is -0.798. The van der Waals surface area contributed by atoms with Crippen LogP contribution in [0.25, 0.3) is 0 Å². The second-order valence-electron chi connectivity index (χ2n) is 5.91. The van der Waals surface area contributed by atoms with Gasteiger partial charge in [-0.3, -0.25) is 9.59 Å². The fourth-order valence-electron chi connectivity index (χ4n) is 3.03. The number of carbonyl (C=O) groups excluding carboxylic acids is 1. The minimum Gasteiger partial charge on any atom is -0.492 e. The number of carboxylic acid groups (broad SMARTS) is 1. The number of carbonyl (C=O) groups is 2. The summed E-state index contributed by atoms with van der Waals surface area (Å²) in [6.07, 6.45) is 0.928. The third-order valence-electron chi connectivity index (χ3n) is 4.24. The van der Waals surface area contributed by atoms with Crippen LogP contribution in [0.4, 0.5) is 0 Å². The van der Waals surface area contributed by atoms with E-state index in [2.05, 4.69) is 0 Å². The van der Waals surface area contributed by atoms with Crippen molar-refractivity contribution >= 4 is 35.0 Å². The molecule has 0 fully saturated rings. The zero-order valence-corrected chi connectivity index (χ0v) is 14.8. The van der Waals surface area contributed by atoms with Gasteiger partial charge >= 0.3 is 5.97 Å². The predicted molar refractivity (Wildman–Crippen MR) is 96.0 cm³/mol. The second-order valence-corrected chi connectivity index (χ2v) is 6.67. The molecular formula is C19H16Cl2O4. The van der Waals surface area contributed by atoms with Gasteiger partial charge in [0.2, 0.25) is 0 Å². The van der Waals surface area contributed by atoms with Gasteiger partial charge in [-0.2, -0.15) is 0 Å². The molecule has 1 aliphatic rings. The van der Waals surface area contributed by atoms with E-state index in [1.165, 1.54) is 0 Å². The molecule has 4 nitrogen and oxygen atoms in total. The molecule has 1 aliphatic carbocycles. The van der Waals surface area contributed by atoms with Crippen molar-refractivity contribution in [2.45, 2.75) is 25.2 Å². The number of fused-ring (bicyclic) bond motifs is 1. The molecule has 0 aliphatic heterocycles. The molecule has 0 heterocycles. The van der Waals surface area contributed by atoms with Crippen LogP contribution in [-0.2, 0) is 11.2 Å². The quantitative estimate of drug-likeness (QED) is 0.735. The van der Waals surface area contributed by atoms with Crippen molar-refractivity contribution in [1.82, 2.24) is 0 Å². The normalized spacial score (nSPS) is 15.9. The first kappa shape index (κ1) is 17.8. The number of halogens is 2. The topological polar surface area (TPSA) is 63.6 Å². The molecule has 3 rings (SSSR count). The number of Topliss-reactive ketones (excluding diaryl/α,β-unsaturated/α-hetero) is 1. The van der Waals surface area contributed by atoms with Gasteiger partial charge in [0.1, 0.15) is 10.8 Å². The Bertz CT molecular complexity index is 818. The first-order valence-corrected chi connectivity index (χ1v) is 8.69. The molecule has 1 atom stereocenters. The van der Waals surface area contributed by atoms with Gasteiger partial charge in [0, 0.05) is 12.0 Å². The minimum atomic E-state index is -0.877. The van der Waals surface area contributed by atoms with Crippen LogP contribution in [0.15, 0.2) is 36.4 Å². The SMILES string of the molecule is O=C(O)CCCOc1cc2c(c(Cl)c1Cl)C(=O)[C@@H](c1ccccc1)C2. The fourth-order valence-corrected chi connectivity index (χ4v) is 3.54. The number of carboxylic acids is 1. The lowest BCUT2D eigenvalue weighted by Gasteiger charge is -2.11. The van der Waals surface area contributed by atoms with Gasteiger partial charge in [0.25, 0.3) is 0 Å². The highest BCUT2D eigenvalue weighted by molar-refractivity contribution is 6.45. The molecule has 0 bridgehead atoms. The Hall–Kier alpha value is -2.04. The molecule has 0 aromatic heterocycles. The molecule has 0 saturated heterocycles. The number of ketones is 1. The summed E-state index contributed by atoms with van der Waals surface area (Å²) < 4.78 is 5.58. The first-order chi connectivity index (χ1) is 12.0. The van der Waals surface area contributed by atoms with Crippen molar-refractivity contribution in [3.63, 3.8) is 0 Å². The van der Waals surface area contributed by atoms with Crippen LogP contribution >= 0.6 is 23.2 Å². The lowest BCUT2D eigenvalue weighted by molar-refractivity contribution is -0.137. The summed E-state index contributed by atoms with van der Waals surface area (Å²) in [4.78, 5) is 23.3. The molecule has 0 unspecified atom stereocenters. The summed E-state index contributed by atoms with van der Waals surface area (Å²) in [5, 5.41) is 9.06. The van der Waals surface area contributed by atoms with Crippen LogP contribution in [-0.4, -0.2) is 23.5 Å². The van der Waals surface area contributed by atoms with Crippen molar-refractivity contribution in [3.8, 4) is 5.75 Å². The fraction of sp³-hybridized carbons (Fsp3) is 0.263. The zero-order chi connectivity index (χ0) is 18.0. The van der Waals surface area contributed by atoms with Crippen molar-refractivity contribution in [1.29, 1.82) is 0 Å². The summed E-state index contributed by atoms with van der Waals surface area (Å²) in [6, 6.07) is 11.3. The third-order valence-corrected chi connectivity index (χ3v) is 5.09. The predicted octanol–water partition coefficient (Wildman–Crippen LogP) is 4.76. The molecule has 130 valence electrons. The average Bonchev–Trinajstić information content (AvgIpc) is 2.93. The van der Waals surface area contributed by atoms with E-state index >= 15 is 0 Å². The standard InChI is InChI=1S/C19H16Cl2O4/c20-17-14(25-8-4-7-15(22)23)10-12-9-13(11-5-2-1-3-6-11)19(24)16(12)18(17)21/h1-3,5-6,10,13H,4,7-9H2,(H,22,23)/t13-/m1/s1. The van der Waals surface area contributed by atoms with E-state index in [1.54, 1.807) is 6.07 Å². The molecule has 2 aromatic rings. The molecule has 6 heteroatoms. The van der Waals surface area contributed by atoms with E-state index in [0.29, 0.717) is 24.2 Å². The maximum Gasteiger partial charge on any atom is 0.303 e. The number of hydrogen-bond acceptors (Lipinski definition) is 3. The van der Waals surface area contributed by atoms with E-state index in [9.17, 15) is 9.59 Å². The second kappa shape index (κ2) is 7.46. The summed E-state index contributed by atoms with van der Waals surface area (Å²) >= 11 is 12.6. The summed E-state index contributed by atoms with van der Waals surface area (Å²) in [5.41, 5.74) is 2.21. The third kappa shape index (κ3) is 3.65. The van der Waals surface area contributed by atoms with Crippen LogP contribution in [0.1, 0.15) is 40.2 Å². The molecule has 2 aromatic carbocycles. The first-order valence-electron chi connectivity index (χ1n) is 7.93. The highest BCUT2D eigenvalue weighted by Crippen LogP contribution is 2.44. The van der Waals surface area contributed by atoms with Crippen molar-refractivity contribution < 1.29 is 19.4 Å². The Balaban J connectivity index is 1.83. The Morgan fingerprint density at radius 2 is 1.92 bits per heavy atom. The van der Waals surface area contributed by atoms with E-state index in [1.807, 2.05) is 30.3 Å². The van der Waals surface area contributed by atoms with Crippen LogP contribution < -0.4 is 4.74 Å². The summed E-state index contributed by atoms with van der Waals surface area (Å²) in [6.45, 7) is 0.219. The van der Waals surface area contributed by atoms with Crippen LogP contribution in [0.5, 0.6) is 5.75 Å². The number of hydrogen-bond donors (Lipinski definition) is 1. The van der Waals surface area contributed by atoms with Gasteiger partial charge in [-0.05, 0) is 30.0 Å². The Morgan fingerprint density at radius 1 is 1.20 bits per heavy atom. The van der Waals surface area contributed by atoms with E-state index < -0.39 is 5.97 Å². The van der Waals surface area contributed by atoms with Crippen LogP contribution in [0.3, 0.4) is 0 Å². The van der Waals surface area contributed by atoms with Crippen molar-refractivity contribution in [2.75, 3.05) is 6.61 Å². The van der Waals surface area contributed by atoms with Gasteiger partial charge < -0.3 is 9.84 Å². The number of ether oxygens (including phenoxy) is 1. The number of aliphatic carboxylic acids is 1. The Labute approximate surface area is 155 Å². The zero-order valence-electron chi connectivity index (χ0n) is 13.3. The highest BCUT2D eigenvalue weighted by Gasteiger charge is 2.35. The van der Waals surface area contributed by atoms with E-state index in [4.69, 9.17) is 33.0 Å². The van der Waals surface area contributed by atoms with Crippen LogP contribution in [0, 0.1) is 0 Å². The van der Waals surface area contributed by atoms with Crippen LogP contribution in [0.2, 0.25) is 10.0 Å². The summed E-state index contributed by atoms with van der Waals surface area (Å²) in [7, 11) is 0. The lowest BCUT2D eigenvalue weighted by Crippen LogP contribution is -2.07. The molecular weight excluding hydrogens is 363 g/mol. The lowest BCUT2D eigenvalue weighted by atomic mass is 9.95. The van der Waals surface area contributed by atoms with E-state index in [0.717, 1.165) is 11.1 Å². The largest absolute Gasteiger partial charge is 0.492 e. The van der Waals surface area contributed by atoms with Gasteiger partial charge in [-0.15, -0.1) is 0 Å². The monoisotopic (exact) mass is 378 g/mol. The van der Waals surface area contributed by atoms with Crippen molar-refractivity contribution in [2.24, 2.45) is 0 Å². The molecule has 0 saturated carbocycles. The molecule has 25 heavy (non-hydrogen) atoms. The van der Waals surface area contributed by atoms with Gasteiger partial charge in [-0.25, -0.2) is 0 Å². The van der Waals surface area contributed by atoms with Gasteiger partial charge in [0.05, 0.1) is 17.5 Å². The minimum absolute atomic E-state index is 0.0187. The molecule has 0 amide bonds. The molecule has 1 N–H and O–H groups in total. The highest BCUT2D eigenvalue weighted by atomic mass is 35.5.